The van der Waals surface area contributed by atoms with Gasteiger partial charge in [-0.2, -0.15) is 0 Å². The van der Waals surface area contributed by atoms with E-state index >= 15 is 0 Å². The number of nitrogens with zero attached hydrogens (tertiary/aromatic N) is 2. The molecule has 1 aromatic heterocycles. The van der Waals surface area contributed by atoms with Crippen LogP contribution in [0.15, 0.2) is 18.2 Å². The van der Waals surface area contributed by atoms with Gasteiger partial charge in [-0.25, -0.2) is 4.98 Å². The second-order valence-corrected chi connectivity index (χ2v) is 4.86. The Labute approximate surface area is 114 Å². The van der Waals surface area contributed by atoms with Crippen molar-refractivity contribution >= 4 is 11.0 Å². The molecule has 0 aliphatic rings. The minimum absolute atomic E-state index is 0.00731. The topological polar surface area (TPSA) is 53.1 Å². The molecule has 0 amide bonds. The first kappa shape index (κ1) is 13.9. The molecular formula is C15H23N3O. The van der Waals surface area contributed by atoms with Crippen LogP contribution in [0.1, 0.15) is 45.0 Å². The number of hydrogen-bond donors (Lipinski definition) is 1. The first-order valence-corrected chi connectivity index (χ1v) is 7.02. The van der Waals surface area contributed by atoms with E-state index in [4.69, 9.17) is 10.5 Å². The number of aryl methyl sites for hydroxylation is 1. The largest absolute Gasteiger partial charge is 0.494 e. The lowest BCUT2D eigenvalue weighted by molar-refractivity contribution is 0.340. The Morgan fingerprint density at radius 1 is 1.37 bits per heavy atom. The maximum Gasteiger partial charge on any atom is 0.126 e. The summed E-state index contributed by atoms with van der Waals surface area (Å²) in [6, 6.07) is 6.01. The summed E-state index contributed by atoms with van der Waals surface area (Å²) >= 11 is 0. The fraction of sp³-hybridized carbons (Fsp3) is 0.533. The van der Waals surface area contributed by atoms with Crippen molar-refractivity contribution < 1.29 is 4.74 Å². The molecule has 1 unspecified atom stereocenters. The molecule has 1 atom stereocenters. The molecule has 0 saturated heterocycles. The Balaban J connectivity index is 2.32. The molecule has 104 valence electrons. The molecule has 0 spiro atoms. The minimum Gasteiger partial charge on any atom is -0.494 e. The summed E-state index contributed by atoms with van der Waals surface area (Å²) < 4.78 is 7.60. The summed E-state index contributed by atoms with van der Waals surface area (Å²) in [6.07, 6.45) is 3.27. The Kier molecular flexibility index (Phi) is 4.43. The lowest BCUT2D eigenvalue weighted by Crippen LogP contribution is -2.15. The number of aromatic nitrogens is 2. The van der Waals surface area contributed by atoms with Gasteiger partial charge in [0.1, 0.15) is 11.6 Å². The second-order valence-electron chi connectivity index (χ2n) is 4.86. The molecular weight excluding hydrogens is 238 g/mol. The van der Waals surface area contributed by atoms with Crippen LogP contribution in [0.3, 0.4) is 0 Å². The quantitative estimate of drug-likeness (QED) is 0.869. The Morgan fingerprint density at radius 3 is 2.84 bits per heavy atom. The first-order valence-electron chi connectivity index (χ1n) is 7.02. The van der Waals surface area contributed by atoms with Gasteiger partial charge in [-0.3, -0.25) is 0 Å². The molecule has 0 aliphatic heterocycles. The van der Waals surface area contributed by atoms with Crippen LogP contribution in [0, 0.1) is 0 Å². The van der Waals surface area contributed by atoms with E-state index in [9.17, 15) is 0 Å². The number of fused-ring (bicyclic) bond motifs is 1. The molecule has 1 heterocycles. The van der Waals surface area contributed by atoms with E-state index in [1.54, 1.807) is 0 Å². The smallest absolute Gasteiger partial charge is 0.126 e. The van der Waals surface area contributed by atoms with Crippen molar-refractivity contribution in [2.24, 2.45) is 12.8 Å². The summed E-state index contributed by atoms with van der Waals surface area (Å²) in [5, 5.41) is 0. The summed E-state index contributed by atoms with van der Waals surface area (Å²) in [4.78, 5) is 4.67. The molecule has 4 nitrogen and oxygen atoms in total. The lowest BCUT2D eigenvalue weighted by Gasteiger charge is -2.10. The zero-order valence-electron chi connectivity index (χ0n) is 12.0. The fourth-order valence-electron chi connectivity index (χ4n) is 2.34. The van der Waals surface area contributed by atoms with Gasteiger partial charge in [-0.05, 0) is 25.5 Å². The molecule has 2 aromatic rings. The average Bonchev–Trinajstić information content (AvgIpc) is 2.73. The number of benzene rings is 1. The number of unbranched alkanes of at least 4 members (excludes halogenated alkanes) is 1. The van der Waals surface area contributed by atoms with Crippen LogP contribution in [-0.4, -0.2) is 16.2 Å². The average molecular weight is 261 g/mol. The standard InChI is InChI=1S/C15H23N3O/c1-4-6-7-12(16)15-17-13-10-11(19-5-2)8-9-14(13)18(15)3/h8-10,12H,4-7,16H2,1-3H3. The molecule has 2 rings (SSSR count). The van der Waals surface area contributed by atoms with Crippen LogP contribution >= 0.6 is 0 Å². The van der Waals surface area contributed by atoms with Gasteiger partial charge in [-0.1, -0.05) is 19.8 Å². The molecule has 2 N–H and O–H groups in total. The Hall–Kier alpha value is -1.55. The molecule has 0 radical (unpaired) electrons. The Morgan fingerprint density at radius 2 is 2.16 bits per heavy atom. The molecule has 0 fully saturated rings. The SMILES string of the molecule is CCCCC(N)c1nc2cc(OCC)ccc2n1C. The third kappa shape index (κ3) is 2.89. The van der Waals surface area contributed by atoms with E-state index < -0.39 is 0 Å². The van der Waals surface area contributed by atoms with Crippen molar-refractivity contribution in [2.75, 3.05) is 6.61 Å². The van der Waals surface area contributed by atoms with Gasteiger partial charge in [0.2, 0.25) is 0 Å². The lowest BCUT2D eigenvalue weighted by atomic mass is 10.1. The number of rotatable bonds is 6. The second kappa shape index (κ2) is 6.06. The third-order valence-corrected chi connectivity index (χ3v) is 3.40. The van der Waals surface area contributed by atoms with Crippen molar-refractivity contribution in [3.05, 3.63) is 24.0 Å². The summed E-state index contributed by atoms with van der Waals surface area (Å²) in [5.41, 5.74) is 8.28. The summed E-state index contributed by atoms with van der Waals surface area (Å²) in [6.45, 7) is 4.83. The first-order chi connectivity index (χ1) is 9.17. The van der Waals surface area contributed by atoms with Gasteiger partial charge in [-0.15, -0.1) is 0 Å². The highest BCUT2D eigenvalue weighted by atomic mass is 16.5. The van der Waals surface area contributed by atoms with E-state index in [2.05, 4.69) is 16.5 Å². The molecule has 4 heteroatoms. The van der Waals surface area contributed by atoms with E-state index in [0.29, 0.717) is 6.61 Å². The monoisotopic (exact) mass is 261 g/mol. The third-order valence-electron chi connectivity index (χ3n) is 3.40. The summed E-state index contributed by atoms with van der Waals surface area (Å²) in [7, 11) is 2.02. The highest BCUT2D eigenvalue weighted by Crippen LogP contribution is 2.24. The zero-order chi connectivity index (χ0) is 13.8. The number of ether oxygens (including phenoxy) is 1. The van der Waals surface area contributed by atoms with Crippen molar-refractivity contribution in [2.45, 2.75) is 39.2 Å². The van der Waals surface area contributed by atoms with Gasteiger partial charge in [0.05, 0.1) is 23.7 Å². The molecule has 0 aliphatic carbocycles. The summed E-state index contributed by atoms with van der Waals surface area (Å²) in [5.74, 6) is 1.82. The van der Waals surface area contributed by atoms with Crippen molar-refractivity contribution in [1.29, 1.82) is 0 Å². The van der Waals surface area contributed by atoms with Gasteiger partial charge in [0, 0.05) is 13.1 Å². The van der Waals surface area contributed by atoms with Crippen LogP contribution in [-0.2, 0) is 7.05 Å². The van der Waals surface area contributed by atoms with Crippen molar-refractivity contribution in [3.8, 4) is 5.75 Å². The maximum absolute atomic E-state index is 6.23. The molecule has 0 bridgehead atoms. The van der Waals surface area contributed by atoms with Crippen LogP contribution in [0.4, 0.5) is 0 Å². The van der Waals surface area contributed by atoms with Gasteiger partial charge < -0.3 is 15.0 Å². The predicted molar refractivity (Wildman–Crippen MR) is 78.3 cm³/mol. The van der Waals surface area contributed by atoms with E-state index in [0.717, 1.165) is 41.9 Å². The number of hydrogen-bond acceptors (Lipinski definition) is 3. The van der Waals surface area contributed by atoms with Crippen molar-refractivity contribution in [1.82, 2.24) is 9.55 Å². The van der Waals surface area contributed by atoms with E-state index in [1.165, 1.54) is 0 Å². The van der Waals surface area contributed by atoms with Crippen LogP contribution in [0.5, 0.6) is 5.75 Å². The maximum atomic E-state index is 6.23. The zero-order valence-corrected chi connectivity index (χ0v) is 12.0. The Bertz CT molecular complexity index is 548. The predicted octanol–water partition coefficient (Wildman–Crippen LogP) is 3.16. The van der Waals surface area contributed by atoms with Gasteiger partial charge >= 0.3 is 0 Å². The minimum atomic E-state index is 0.00731. The van der Waals surface area contributed by atoms with E-state index in [1.807, 2.05) is 32.2 Å². The molecule has 19 heavy (non-hydrogen) atoms. The fourth-order valence-corrected chi connectivity index (χ4v) is 2.34. The normalized spacial score (nSPS) is 12.8. The number of nitrogens with two attached hydrogens (primary N) is 1. The van der Waals surface area contributed by atoms with Gasteiger partial charge in [0.25, 0.3) is 0 Å². The molecule has 0 saturated carbocycles. The molecule has 1 aromatic carbocycles. The van der Waals surface area contributed by atoms with E-state index in [-0.39, 0.29) is 6.04 Å². The van der Waals surface area contributed by atoms with Crippen LogP contribution < -0.4 is 10.5 Å². The van der Waals surface area contributed by atoms with Crippen LogP contribution in [0.25, 0.3) is 11.0 Å². The van der Waals surface area contributed by atoms with Crippen LogP contribution in [0.2, 0.25) is 0 Å². The highest BCUT2D eigenvalue weighted by Gasteiger charge is 2.14. The highest BCUT2D eigenvalue weighted by molar-refractivity contribution is 5.77. The number of imidazole rings is 1. The van der Waals surface area contributed by atoms with Crippen molar-refractivity contribution in [3.63, 3.8) is 0 Å². The van der Waals surface area contributed by atoms with Gasteiger partial charge in [0.15, 0.2) is 0 Å².